The largest absolute Gasteiger partial charge is 0.419 e. The SMILES string of the molecule is CNc1cc(-c2cccc3[nH]ccc23)cc(-c2nnc(CN3CCN(C(C)C)CC3)o2)c1C=N. The van der Waals surface area contributed by atoms with Crippen molar-refractivity contribution in [2.45, 2.75) is 26.4 Å². The van der Waals surface area contributed by atoms with E-state index >= 15 is 0 Å². The molecule has 8 heteroatoms. The summed E-state index contributed by atoms with van der Waals surface area (Å²) in [6.45, 7) is 9.20. The highest BCUT2D eigenvalue weighted by Gasteiger charge is 2.22. The van der Waals surface area contributed by atoms with Crippen LogP contribution in [0.5, 0.6) is 0 Å². The van der Waals surface area contributed by atoms with Crippen LogP contribution in [0.4, 0.5) is 5.69 Å². The summed E-state index contributed by atoms with van der Waals surface area (Å²) in [6, 6.07) is 13.0. The van der Waals surface area contributed by atoms with Gasteiger partial charge in [-0.25, -0.2) is 0 Å². The molecule has 0 amide bonds. The Hall–Kier alpha value is -3.49. The van der Waals surface area contributed by atoms with Gasteiger partial charge in [0.25, 0.3) is 0 Å². The summed E-state index contributed by atoms with van der Waals surface area (Å²) in [5.74, 6) is 1.04. The Labute approximate surface area is 199 Å². The molecule has 3 N–H and O–H groups in total. The standard InChI is InChI=1S/C26H31N7O/c1-17(2)33-11-9-32(10-12-33)16-25-30-31-26(34-25)21-13-18(14-24(28-3)22(21)15-27)19-5-4-6-23-20(19)7-8-29-23/h4-8,13-15,17,27-29H,9-12,16H2,1-3H3. The molecule has 0 radical (unpaired) electrons. The topological polar surface area (TPSA) is 97.1 Å². The summed E-state index contributed by atoms with van der Waals surface area (Å²) < 4.78 is 6.14. The molecule has 0 aliphatic carbocycles. The highest BCUT2D eigenvalue weighted by molar-refractivity contribution is 6.00. The van der Waals surface area contributed by atoms with Gasteiger partial charge in [-0.1, -0.05) is 12.1 Å². The van der Waals surface area contributed by atoms with E-state index in [9.17, 15) is 0 Å². The van der Waals surface area contributed by atoms with Crippen molar-refractivity contribution in [3.8, 4) is 22.6 Å². The molecule has 0 unspecified atom stereocenters. The van der Waals surface area contributed by atoms with Crippen LogP contribution in [0.15, 0.2) is 47.0 Å². The first kappa shape index (κ1) is 22.3. The van der Waals surface area contributed by atoms with Crippen LogP contribution >= 0.6 is 0 Å². The molecule has 0 spiro atoms. The number of nitrogens with one attached hydrogen (secondary N) is 3. The van der Waals surface area contributed by atoms with E-state index < -0.39 is 0 Å². The molecule has 1 aliphatic heterocycles. The number of aromatic amines is 1. The zero-order valence-electron chi connectivity index (χ0n) is 19.9. The fourth-order valence-corrected chi connectivity index (χ4v) is 4.74. The van der Waals surface area contributed by atoms with E-state index in [-0.39, 0.29) is 0 Å². The smallest absolute Gasteiger partial charge is 0.248 e. The Morgan fingerprint density at radius 1 is 1.12 bits per heavy atom. The zero-order chi connectivity index (χ0) is 23.7. The van der Waals surface area contributed by atoms with E-state index in [0.717, 1.165) is 65.0 Å². The molecule has 3 heterocycles. The minimum atomic E-state index is 0.439. The van der Waals surface area contributed by atoms with E-state index in [1.807, 2.05) is 25.4 Å². The van der Waals surface area contributed by atoms with Crippen molar-refractivity contribution < 1.29 is 4.42 Å². The molecule has 2 aromatic carbocycles. The lowest BCUT2D eigenvalue weighted by Crippen LogP contribution is -2.48. The lowest BCUT2D eigenvalue weighted by atomic mass is 9.95. The van der Waals surface area contributed by atoms with Gasteiger partial charge in [0, 0.05) is 73.8 Å². The molecular formula is C26H31N7O. The number of fused-ring (bicyclic) bond motifs is 1. The number of rotatable bonds is 7. The monoisotopic (exact) mass is 457 g/mol. The minimum absolute atomic E-state index is 0.439. The fraction of sp³-hybridized carbons (Fsp3) is 0.346. The molecule has 5 rings (SSSR count). The Morgan fingerprint density at radius 3 is 2.68 bits per heavy atom. The van der Waals surface area contributed by atoms with Crippen LogP contribution in [0, 0.1) is 5.41 Å². The predicted octanol–water partition coefficient (Wildman–Crippen LogP) is 4.45. The van der Waals surface area contributed by atoms with Crippen molar-refractivity contribution in [1.29, 1.82) is 5.41 Å². The quantitative estimate of drug-likeness (QED) is 0.355. The predicted molar refractivity (Wildman–Crippen MR) is 136 cm³/mol. The van der Waals surface area contributed by atoms with Gasteiger partial charge >= 0.3 is 0 Å². The molecule has 34 heavy (non-hydrogen) atoms. The van der Waals surface area contributed by atoms with Crippen molar-refractivity contribution in [2.75, 3.05) is 38.5 Å². The van der Waals surface area contributed by atoms with Crippen molar-refractivity contribution in [3.63, 3.8) is 0 Å². The third-order valence-electron chi connectivity index (χ3n) is 6.69. The first-order valence-electron chi connectivity index (χ1n) is 11.8. The van der Waals surface area contributed by atoms with Gasteiger partial charge in [-0.2, -0.15) is 0 Å². The molecule has 4 aromatic rings. The van der Waals surface area contributed by atoms with Crippen LogP contribution in [-0.2, 0) is 6.54 Å². The Balaban J connectivity index is 1.47. The summed E-state index contributed by atoms with van der Waals surface area (Å²) in [5.41, 5.74) is 5.55. The van der Waals surface area contributed by atoms with Gasteiger partial charge in [-0.15, -0.1) is 10.2 Å². The number of anilines is 1. The average Bonchev–Trinajstić information content (AvgIpc) is 3.53. The van der Waals surface area contributed by atoms with Crippen LogP contribution < -0.4 is 5.32 Å². The number of aromatic nitrogens is 3. The number of H-pyrrole nitrogens is 1. The fourth-order valence-electron chi connectivity index (χ4n) is 4.74. The minimum Gasteiger partial charge on any atom is -0.419 e. The number of hydrogen-bond acceptors (Lipinski definition) is 7. The molecular weight excluding hydrogens is 426 g/mol. The van der Waals surface area contributed by atoms with E-state index in [1.165, 1.54) is 6.21 Å². The van der Waals surface area contributed by atoms with E-state index in [2.05, 4.69) is 68.4 Å². The Morgan fingerprint density at radius 2 is 1.94 bits per heavy atom. The van der Waals surface area contributed by atoms with Crippen LogP contribution in [-0.4, -0.2) is 70.5 Å². The molecule has 0 saturated carbocycles. The second kappa shape index (κ2) is 9.40. The maximum atomic E-state index is 8.05. The number of piperazine rings is 1. The van der Waals surface area contributed by atoms with E-state index in [0.29, 0.717) is 24.4 Å². The van der Waals surface area contributed by atoms with Gasteiger partial charge in [0.05, 0.1) is 12.1 Å². The first-order chi connectivity index (χ1) is 16.6. The van der Waals surface area contributed by atoms with Crippen LogP contribution in [0.3, 0.4) is 0 Å². The Kier molecular flexibility index (Phi) is 6.17. The molecule has 1 fully saturated rings. The van der Waals surface area contributed by atoms with Crippen molar-refractivity contribution in [2.24, 2.45) is 0 Å². The van der Waals surface area contributed by atoms with Gasteiger partial charge in [-0.05, 0) is 49.2 Å². The molecule has 0 bridgehead atoms. The second-order valence-corrected chi connectivity index (χ2v) is 9.03. The third kappa shape index (κ3) is 4.22. The third-order valence-corrected chi connectivity index (χ3v) is 6.69. The van der Waals surface area contributed by atoms with Crippen molar-refractivity contribution in [1.82, 2.24) is 25.0 Å². The highest BCUT2D eigenvalue weighted by atomic mass is 16.4. The number of hydrogen-bond donors (Lipinski definition) is 3. The zero-order valence-corrected chi connectivity index (χ0v) is 19.9. The second-order valence-electron chi connectivity index (χ2n) is 9.03. The highest BCUT2D eigenvalue weighted by Crippen LogP contribution is 2.36. The molecule has 1 saturated heterocycles. The van der Waals surface area contributed by atoms with Gasteiger partial charge in [0.15, 0.2) is 0 Å². The van der Waals surface area contributed by atoms with Gasteiger partial charge in [-0.3, -0.25) is 9.80 Å². The van der Waals surface area contributed by atoms with Crippen LogP contribution in [0.1, 0.15) is 25.3 Å². The van der Waals surface area contributed by atoms with Crippen LogP contribution in [0.2, 0.25) is 0 Å². The average molecular weight is 458 g/mol. The normalized spacial score (nSPS) is 15.3. The molecule has 176 valence electrons. The summed E-state index contributed by atoms with van der Waals surface area (Å²) in [6.07, 6.45) is 3.29. The summed E-state index contributed by atoms with van der Waals surface area (Å²) >= 11 is 0. The summed E-state index contributed by atoms with van der Waals surface area (Å²) in [4.78, 5) is 8.12. The number of benzene rings is 2. The molecule has 8 nitrogen and oxygen atoms in total. The van der Waals surface area contributed by atoms with Gasteiger partial charge in [0.2, 0.25) is 11.8 Å². The molecule has 0 atom stereocenters. The van der Waals surface area contributed by atoms with Gasteiger partial charge in [0.1, 0.15) is 0 Å². The van der Waals surface area contributed by atoms with E-state index in [1.54, 1.807) is 0 Å². The number of nitrogens with zero attached hydrogens (tertiary/aromatic N) is 4. The molecule has 2 aromatic heterocycles. The lowest BCUT2D eigenvalue weighted by molar-refractivity contribution is 0.0979. The van der Waals surface area contributed by atoms with E-state index in [4.69, 9.17) is 9.83 Å². The first-order valence-corrected chi connectivity index (χ1v) is 11.8. The summed E-state index contributed by atoms with van der Waals surface area (Å²) in [7, 11) is 1.86. The van der Waals surface area contributed by atoms with Gasteiger partial charge < -0.3 is 20.1 Å². The maximum absolute atomic E-state index is 8.05. The van der Waals surface area contributed by atoms with Crippen molar-refractivity contribution >= 4 is 22.8 Å². The molecule has 1 aliphatic rings. The lowest BCUT2D eigenvalue weighted by Gasteiger charge is -2.36. The summed E-state index contributed by atoms with van der Waals surface area (Å²) in [5, 5.41) is 21.1. The van der Waals surface area contributed by atoms with Crippen LogP contribution in [0.25, 0.3) is 33.5 Å². The van der Waals surface area contributed by atoms with Crippen molar-refractivity contribution in [3.05, 3.63) is 54.0 Å². The maximum Gasteiger partial charge on any atom is 0.248 e. The Bertz CT molecular complexity index is 1300.